The van der Waals surface area contributed by atoms with Gasteiger partial charge in [0.2, 0.25) is 0 Å². The van der Waals surface area contributed by atoms with Crippen LogP contribution in [0.3, 0.4) is 0 Å². The van der Waals surface area contributed by atoms with Gasteiger partial charge in [-0.05, 0) is 11.4 Å². The number of amides is 2. The number of hydrogen-bond acceptors (Lipinski definition) is 10. The number of nitrogens with one attached hydrogen (secondary N) is 1. The largest absolute Gasteiger partial charge is 0.477 e. The highest BCUT2D eigenvalue weighted by Crippen LogP contribution is 2.46. The van der Waals surface area contributed by atoms with E-state index >= 15 is 0 Å². The molecule has 3 heterocycles. The number of carbonyl (C=O) groups is 4. The molecule has 0 bridgehead atoms. The molecule has 1 aromatic rings. The summed E-state index contributed by atoms with van der Waals surface area (Å²) < 4.78 is 10.2. The second-order valence-electron chi connectivity index (χ2n) is 6.20. The molecule has 1 fully saturated rings. The third kappa shape index (κ3) is 3.55. The Balaban J connectivity index is 1.88. The summed E-state index contributed by atoms with van der Waals surface area (Å²) in [5, 5.41) is 25.1. The number of esters is 1. The lowest BCUT2D eigenvalue weighted by Crippen LogP contribution is -2.81. The maximum Gasteiger partial charge on any atom is 0.352 e. The van der Waals surface area contributed by atoms with Gasteiger partial charge in [-0.25, -0.2) is 4.79 Å². The third-order valence-corrected chi connectivity index (χ3v) is 6.70. The predicted molar refractivity (Wildman–Crippen MR) is 105 cm³/mol. The van der Waals surface area contributed by atoms with Crippen molar-refractivity contribution in [3.05, 3.63) is 33.7 Å². The van der Waals surface area contributed by atoms with Crippen LogP contribution in [0, 0.1) is 0 Å². The Morgan fingerprint density at radius 2 is 2.17 bits per heavy atom. The lowest BCUT2D eigenvalue weighted by Gasteiger charge is -2.55. The van der Waals surface area contributed by atoms with Crippen LogP contribution >= 0.6 is 23.1 Å². The number of hydrogen-bond donors (Lipinski definition) is 3. The summed E-state index contributed by atoms with van der Waals surface area (Å²) in [4.78, 5) is 49.8. The second-order valence-corrected chi connectivity index (χ2v) is 8.21. The Bertz CT molecular complexity index is 958. The number of thiophene rings is 1. The van der Waals surface area contributed by atoms with Gasteiger partial charge in [0.15, 0.2) is 5.71 Å². The Kier molecular flexibility index (Phi) is 6.14. The summed E-state index contributed by atoms with van der Waals surface area (Å²) in [6.45, 7) is 0.917. The molecule has 1 aromatic heterocycles. The van der Waals surface area contributed by atoms with Crippen molar-refractivity contribution in [2.24, 2.45) is 5.16 Å². The lowest BCUT2D eigenvalue weighted by molar-refractivity contribution is -0.191. The molecule has 3 N–H and O–H groups in total. The van der Waals surface area contributed by atoms with E-state index in [9.17, 15) is 29.5 Å². The first-order valence-corrected chi connectivity index (χ1v) is 10.4. The van der Waals surface area contributed by atoms with Gasteiger partial charge >= 0.3 is 11.9 Å². The molecule has 2 aliphatic heterocycles. The van der Waals surface area contributed by atoms with Gasteiger partial charge in [0.05, 0.1) is 4.88 Å². The molecule has 0 spiro atoms. The van der Waals surface area contributed by atoms with Crippen molar-refractivity contribution in [3.8, 4) is 0 Å². The Labute approximate surface area is 178 Å². The van der Waals surface area contributed by atoms with Gasteiger partial charge in [0.1, 0.15) is 17.7 Å². The van der Waals surface area contributed by atoms with E-state index in [4.69, 9.17) is 9.47 Å². The highest BCUT2D eigenvalue weighted by atomic mass is 32.2. The second kappa shape index (κ2) is 8.45. The van der Waals surface area contributed by atoms with E-state index in [1.165, 1.54) is 14.0 Å². The van der Waals surface area contributed by atoms with E-state index in [-0.39, 0.29) is 29.3 Å². The summed E-state index contributed by atoms with van der Waals surface area (Å²) >= 11 is 2.30. The van der Waals surface area contributed by atoms with Crippen LogP contribution in [0.15, 0.2) is 33.9 Å². The van der Waals surface area contributed by atoms with E-state index in [2.05, 4.69) is 10.5 Å². The SMILES string of the molecule is CO[C@@]1(NC(=O)C(=NO)c2cccs2)C(=O)N2C(C(=O)O)=C(COC(C)=O)CS[C@@H]21. The normalized spacial score (nSPS) is 23.5. The van der Waals surface area contributed by atoms with Crippen molar-refractivity contribution in [1.29, 1.82) is 0 Å². The zero-order valence-electron chi connectivity index (χ0n) is 15.8. The summed E-state index contributed by atoms with van der Waals surface area (Å²) in [5.41, 5.74) is -2.22. The number of fused-ring (bicyclic) bond motifs is 1. The molecule has 3 rings (SSSR count). The minimum Gasteiger partial charge on any atom is -0.477 e. The number of carboxylic acid groups (broad SMARTS) is 1. The number of oxime groups is 1. The van der Waals surface area contributed by atoms with E-state index in [1.807, 2.05) is 0 Å². The van der Waals surface area contributed by atoms with Crippen LogP contribution < -0.4 is 5.32 Å². The first-order chi connectivity index (χ1) is 14.3. The van der Waals surface area contributed by atoms with Gasteiger partial charge in [-0.3, -0.25) is 19.3 Å². The molecule has 0 unspecified atom stereocenters. The summed E-state index contributed by atoms with van der Waals surface area (Å²) in [6.07, 6.45) is 0. The van der Waals surface area contributed by atoms with Crippen molar-refractivity contribution in [1.82, 2.24) is 10.2 Å². The van der Waals surface area contributed by atoms with Crippen molar-refractivity contribution < 1.29 is 39.0 Å². The molecule has 0 aliphatic carbocycles. The molecular weight excluding hydrogens is 438 g/mol. The zero-order chi connectivity index (χ0) is 22.1. The number of ether oxygens (including phenoxy) is 2. The minimum absolute atomic E-state index is 0.135. The highest BCUT2D eigenvalue weighted by molar-refractivity contribution is 8.00. The monoisotopic (exact) mass is 455 g/mol. The quantitative estimate of drug-likeness (QED) is 0.131. The highest BCUT2D eigenvalue weighted by Gasteiger charge is 2.66. The van der Waals surface area contributed by atoms with Gasteiger partial charge in [-0.2, -0.15) is 0 Å². The van der Waals surface area contributed by atoms with Crippen LogP contribution in [0.25, 0.3) is 0 Å². The van der Waals surface area contributed by atoms with Gasteiger partial charge in [-0.1, -0.05) is 11.2 Å². The predicted octanol–water partition coefficient (Wildman–Crippen LogP) is 0.202. The fourth-order valence-corrected chi connectivity index (χ4v) is 5.22. The summed E-state index contributed by atoms with van der Waals surface area (Å²) in [5.74, 6) is -3.49. The average molecular weight is 455 g/mol. The summed E-state index contributed by atoms with van der Waals surface area (Å²) in [7, 11) is 1.20. The minimum atomic E-state index is -1.84. The lowest BCUT2D eigenvalue weighted by atomic mass is 9.98. The maximum absolute atomic E-state index is 12.9. The number of carboxylic acids is 1. The smallest absolute Gasteiger partial charge is 0.352 e. The number of β-lactam (4-membered cyclic amide) rings is 1. The zero-order valence-corrected chi connectivity index (χ0v) is 17.4. The van der Waals surface area contributed by atoms with E-state index in [0.29, 0.717) is 4.88 Å². The first kappa shape index (κ1) is 21.8. The molecule has 2 aliphatic rings. The molecule has 30 heavy (non-hydrogen) atoms. The number of rotatable bonds is 7. The van der Waals surface area contributed by atoms with Crippen LogP contribution in [-0.4, -0.2) is 75.2 Å². The molecule has 2 amide bonds. The van der Waals surface area contributed by atoms with E-state index < -0.39 is 34.9 Å². The Hall–Kier alpha value is -2.90. The Morgan fingerprint density at radius 3 is 2.70 bits per heavy atom. The van der Waals surface area contributed by atoms with Crippen LogP contribution in [0.2, 0.25) is 0 Å². The molecule has 0 aromatic carbocycles. The average Bonchev–Trinajstić information content (AvgIpc) is 3.24. The van der Waals surface area contributed by atoms with E-state index in [1.54, 1.807) is 17.5 Å². The van der Waals surface area contributed by atoms with Crippen LogP contribution in [-0.2, 0) is 28.7 Å². The van der Waals surface area contributed by atoms with Crippen molar-refractivity contribution in [3.63, 3.8) is 0 Å². The number of aliphatic carboxylic acids is 1. The maximum atomic E-state index is 12.9. The van der Waals surface area contributed by atoms with Crippen molar-refractivity contribution >= 4 is 52.6 Å². The van der Waals surface area contributed by atoms with Crippen LogP contribution in [0.4, 0.5) is 0 Å². The third-order valence-electron chi connectivity index (χ3n) is 4.45. The van der Waals surface area contributed by atoms with Gasteiger partial charge in [0.25, 0.3) is 17.5 Å². The molecular formula is C17H17N3O8S2. The first-order valence-electron chi connectivity index (χ1n) is 8.44. The summed E-state index contributed by atoms with van der Waals surface area (Å²) in [6, 6.07) is 3.22. The number of thioether (sulfide) groups is 1. The van der Waals surface area contributed by atoms with E-state index in [0.717, 1.165) is 28.0 Å². The van der Waals surface area contributed by atoms with Crippen LogP contribution in [0.5, 0.6) is 0 Å². The fraction of sp³-hybridized carbons (Fsp3) is 0.353. The molecule has 11 nitrogen and oxygen atoms in total. The van der Waals surface area contributed by atoms with Crippen molar-refractivity contribution in [2.45, 2.75) is 18.0 Å². The van der Waals surface area contributed by atoms with Gasteiger partial charge < -0.3 is 25.1 Å². The van der Waals surface area contributed by atoms with Gasteiger partial charge in [-0.15, -0.1) is 23.1 Å². The van der Waals surface area contributed by atoms with Gasteiger partial charge in [0, 0.05) is 25.4 Å². The number of methoxy groups -OCH3 is 1. The topological polar surface area (TPSA) is 155 Å². The number of nitrogens with zero attached hydrogens (tertiary/aromatic N) is 2. The standard InChI is InChI=1S/C17H17N3O8S2/c1-8(21)28-6-9-7-30-16-17(27-2,15(25)20(16)12(9)14(23)24)18-13(22)11(19-26)10-4-3-5-29-10/h3-5,16,26H,6-7H2,1-2H3,(H,18,22)(H,23,24)/t16-,17+/m1/s1. The molecule has 160 valence electrons. The molecule has 2 atom stereocenters. The fourth-order valence-electron chi connectivity index (χ4n) is 3.09. The molecule has 0 saturated carbocycles. The van der Waals surface area contributed by atoms with Crippen LogP contribution in [0.1, 0.15) is 11.8 Å². The number of carbonyl (C=O) groups excluding carboxylic acids is 3. The molecule has 1 saturated heterocycles. The molecule has 0 radical (unpaired) electrons. The van der Waals surface area contributed by atoms with Crippen molar-refractivity contribution in [2.75, 3.05) is 19.5 Å². The Morgan fingerprint density at radius 1 is 1.43 bits per heavy atom. The molecule has 13 heteroatoms.